The van der Waals surface area contributed by atoms with Gasteiger partial charge in [-0.25, -0.2) is 0 Å². The van der Waals surface area contributed by atoms with Crippen molar-refractivity contribution in [2.45, 2.75) is 68.3 Å². The summed E-state index contributed by atoms with van der Waals surface area (Å²) in [6.45, 7) is -0.0619. The summed E-state index contributed by atoms with van der Waals surface area (Å²) in [4.78, 5) is 25.3. The molecule has 2 aliphatic rings. The van der Waals surface area contributed by atoms with Crippen LogP contribution in [0.3, 0.4) is 0 Å². The van der Waals surface area contributed by atoms with E-state index in [1.165, 1.54) is 11.8 Å². The summed E-state index contributed by atoms with van der Waals surface area (Å²) in [5.74, 6) is -2.03. The molecule has 0 unspecified atom stereocenters. The molecule has 11 nitrogen and oxygen atoms in total. The lowest BCUT2D eigenvalue weighted by atomic mass is 9.99. The number of alkyl halides is 3. The lowest BCUT2D eigenvalue weighted by molar-refractivity contribution is -0.245. The van der Waals surface area contributed by atoms with E-state index in [9.17, 15) is 27.9 Å². The number of nitrogens with zero attached hydrogens (tertiary/aromatic N) is 5. The Bertz CT molecular complexity index is 2050. The van der Waals surface area contributed by atoms with Gasteiger partial charge in [0.2, 0.25) is 11.1 Å². The summed E-state index contributed by atoms with van der Waals surface area (Å²) in [6.07, 6.45) is -5.09. The van der Waals surface area contributed by atoms with Gasteiger partial charge in [0, 0.05) is 30.8 Å². The van der Waals surface area contributed by atoms with Crippen LogP contribution in [0.5, 0.6) is 0 Å². The minimum Gasteiger partial charge on any atom is -0.392 e. The fourth-order valence-corrected chi connectivity index (χ4v) is 7.54. The number of carbonyl (C=O) groups excluding carboxylic acids is 2. The molecule has 0 saturated carbocycles. The van der Waals surface area contributed by atoms with E-state index in [1.54, 1.807) is 4.68 Å². The number of benzene rings is 4. The Balaban J connectivity index is 1.03. The number of aliphatic hydroxyl groups is 1. The molecule has 2 aliphatic heterocycles. The number of halogens is 3. The number of rotatable bonds is 11. The van der Waals surface area contributed by atoms with E-state index in [4.69, 9.17) is 9.47 Å². The zero-order valence-corrected chi connectivity index (χ0v) is 29.7. The average molecular weight is 759 g/mol. The van der Waals surface area contributed by atoms with Crippen LogP contribution < -0.4 is 5.32 Å². The molecule has 0 aliphatic carbocycles. The molecule has 2 N–H and O–H groups in total. The van der Waals surface area contributed by atoms with Gasteiger partial charge in [-0.05, 0) is 69.3 Å². The summed E-state index contributed by atoms with van der Waals surface area (Å²) in [5, 5.41) is 25.2. The fourth-order valence-electron chi connectivity index (χ4n) is 6.64. The fraction of sp³-hybridized carbons (Fsp3) is 0.308. The van der Waals surface area contributed by atoms with Gasteiger partial charge in [0.1, 0.15) is 6.04 Å². The van der Waals surface area contributed by atoms with E-state index >= 15 is 0 Å². The molecule has 0 radical (unpaired) electrons. The van der Waals surface area contributed by atoms with Gasteiger partial charge < -0.3 is 24.8 Å². The Hall–Kier alpha value is -5.09. The Morgan fingerprint density at radius 2 is 1.65 bits per heavy atom. The molecule has 0 bridgehead atoms. The second kappa shape index (κ2) is 16.5. The topological polar surface area (TPSA) is 132 Å². The van der Waals surface area contributed by atoms with Crippen molar-refractivity contribution in [3.05, 3.63) is 125 Å². The largest absolute Gasteiger partial charge is 0.471 e. The van der Waals surface area contributed by atoms with Crippen LogP contribution in [0.25, 0.3) is 16.8 Å². The van der Waals surface area contributed by atoms with Crippen molar-refractivity contribution in [2.75, 3.05) is 12.3 Å². The molecule has 4 atom stereocenters. The van der Waals surface area contributed by atoms with Crippen LogP contribution in [0.15, 0.2) is 108 Å². The molecule has 2 amide bonds. The van der Waals surface area contributed by atoms with Crippen LogP contribution in [0, 0.1) is 0 Å². The highest BCUT2D eigenvalue weighted by atomic mass is 32.2. The normalized spacial score (nSPS) is 20.2. The number of ether oxygens (including phenoxy) is 2. The van der Waals surface area contributed by atoms with Gasteiger partial charge in [0.15, 0.2) is 6.29 Å². The third kappa shape index (κ3) is 8.65. The van der Waals surface area contributed by atoms with E-state index in [0.29, 0.717) is 28.7 Å². The summed E-state index contributed by atoms with van der Waals surface area (Å²) in [7, 11) is 0. The molecular weight excluding hydrogens is 722 g/mol. The van der Waals surface area contributed by atoms with Gasteiger partial charge in [-0.1, -0.05) is 96.7 Å². The highest BCUT2D eigenvalue weighted by Crippen LogP contribution is 2.40. The van der Waals surface area contributed by atoms with Crippen molar-refractivity contribution >= 4 is 23.6 Å². The minimum atomic E-state index is -5.03. The van der Waals surface area contributed by atoms with E-state index < -0.39 is 30.3 Å². The predicted molar refractivity (Wildman–Crippen MR) is 193 cm³/mol. The van der Waals surface area contributed by atoms with Gasteiger partial charge in [-0.2, -0.15) is 17.9 Å². The first-order chi connectivity index (χ1) is 26.2. The standard InChI is InChI=1S/C39H37F3N6O5S/c40-39(41,42)37(51)47-19-5-10-33(47)35(50)43-22-26-6-4-7-30(20-26)27-15-17-29(18-16-27)36-52-32(21-34(53-36)28-13-11-25(23-49)12-14-28)24-54-38-44-45-46-48(38)31-8-2-1-3-9-31/h1-4,6-9,11-18,20,32-34,36,49H,5,10,19,21-24H2,(H,43,50)/t32-,33+,34+,36+/m1/s1. The predicted octanol–water partition coefficient (Wildman–Crippen LogP) is 6.33. The summed E-state index contributed by atoms with van der Waals surface area (Å²) < 4.78 is 53.9. The first-order valence-electron chi connectivity index (χ1n) is 17.5. The van der Waals surface area contributed by atoms with Crippen LogP contribution in [0.4, 0.5) is 13.2 Å². The molecule has 2 fully saturated rings. The Morgan fingerprint density at radius 1 is 0.889 bits per heavy atom. The maximum absolute atomic E-state index is 13.0. The van der Waals surface area contributed by atoms with E-state index in [1.807, 2.05) is 103 Å². The molecule has 54 heavy (non-hydrogen) atoms. The Labute approximate surface area is 313 Å². The second-order valence-electron chi connectivity index (χ2n) is 13.1. The molecule has 280 valence electrons. The van der Waals surface area contributed by atoms with E-state index in [2.05, 4.69) is 20.8 Å². The first kappa shape index (κ1) is 37.2. The molecule has 15 heteroatoms. The van der Waals surface area contributed by atoms with Crippen molar-refractivity contribution in [1.29, 1.82) is 0 Å². The number of aliphatic hydroxyl groups excluding tert-OH is 1. The third-order valence-corrected chi connectivity index (χ3v) is 10.5. The molecule has 3 heterocycles. The van der Waals surface area contributed by atoms with Gasteiger partial charge >= 0.3 is 12.1 Å². The number of tetrazole rings is 1. The number of hydrogen-bond acceptors (Lipinski definition) is 9. The van der Waals surface area contributed by atoms with Crippen LogP contribution in [0.1, 0.15) is 53.9 Å². The van der Waals surface area contributed by atoms with Crippen LogP contribution in [-0.2, 0) is 32.2 Å². The maximum atomic E-state index is 13.0. The number of nitrogens with one attached hydrogen (secondary N) is 1. The van der Waals surface area contributed by atoms with Crippen LogP contribution in [0.2, 0.25) is 0 Å². The van der Waals surface area contributed by atoms with Crippen molar-refractivity contribution in [3.63, 3.8) is 0 Å². The minimum absolute atomic E-state index is 0.0520. The lowest BCUT2D eigenvalue weighted by Crippen LogP contribution is -2.50. The number of para-hydroxylation sites is 1. The lowest BCUT2D eigenvalue weighted by Gasteiger charge is -2.36. The quantitative estimate of drug-likeness (QED) is 0.149. The zero-order chi connectivity index (χ0) is 37.7. The average Bonchev–Trinajstić information content (AvgIpc) is 3.90. The van der Waals surface area contributed by atoms with Gasteiger partial charge in [-0.15, -0.1) is 5.10 Å². The molecular formula is C39H37F3N6O5S. The number of likely N-dealkylation sites (tertiary alicyclic amines) is 1. The van der Waals surface area contributed by atoms with Crippen LogP contribution in [-0.4, -0.2) is 72.6 Å². The van der Waals surface area contributed by atoms with E-state index in [-0.39, 0.29) is 38.3 Å². The molecule has 4 aromatic carbocycles. The first-order valence-corrected chi connectivity index (χ1v) is 18.5. The summed E-state index contributed by atoms with van der Waals surface area (Å²) in [6, 6.07) is 31.5. The number of amides is 2. The monoisotopic (exact) mass is 758 g/mol. The molecule has 5 aromatic rings. The summed E-state index contributed by atoms with van der Waals surface area (Å²) >= 11 is 1.50. The number of thioether (sulfide) groups is 1. The second-order valence-corrected chi connectivity index (χ2v) is 14.1. The molecule has 7 rings (SSSR count). The van der Waals surface area contributed by atoms with E-state index in [0.717, 1.165) is 39.1 Å². The summed E-state index contributed by atoms with van der Waals surface area (Å²) in [5.41, 5.74) is 5.98. The highest BCUT2D eigenvalue weighted by Gasteiger charge is 2.47. The van der Waals surface area contributed by atoms with Crippen molar-refractivity contribution in [3.8, 4) is 16.8 Å². The van der Waals surface area contributed by atoms with Crippen LogP contribution >= 0.6 is 11.8 Å². The highest BCUT2D eigenvalue weighted by molar-refractivity contribution is 7.99. The van der Waals surface area contributed by atoms with Gasteiger partial charge in [-0.3, -0.25) is 9.59 Å². The van der Waals surface area contributed by atoms with Gasteiger partial charge in [0.05, 0.1) is 24.5 Å². The van der Waals surface area contributed by atoms with Crippen molar-refractivity contribution in [1.82, 2.24) is 30.4 Å². The molecule has 1 aromatic heterocycles. The number of carbonyl (C=O) groups is 2. The van der Waals surface area contributed by atoms with Gasteiger partial charge in [0.25, 0.3) is 0 Å². The van der Waals surface area contributed by atoms with Crippen molar-refractivity contribution < 1.29 is 37.3 Å². The Morgan fingerprint density at radius 3 is 2.39 bits per heavy atom. The maximum Gasteiger partial charge on any atom is 0.471 e. The number of aromatic nitrogens is 4. The molecule has 0 spiro atoms. The molecule has 2 saturated heterocycles. The third-order valence-electron chi connectivity index (χ3n) is 9.42. The SMILES string of the molecule is O=C(NCc1cccc(-c2ccc([C@H]3O[C@@H](CSc4nnnn4-c4ccccc4)C[C@@H](c4ccc(CO)cc4)O3)cc2)c1)[C@@H]1CCCN1C(=O)C(F)(F)F. The number of hydrogen-bond donors (Lipinski definition) is 2. The van der Waals surface area contributed by atoms with Crippen molar-refractivity contribution in [2.24, 2.45) is 0 Å². The smallest absolute Gasteiger partial charge is 0.392 e. The zero-order valence-electron chi connectivity index (χ0n) is 28.9. The Kier molecular flexibility index (Phi) is 11.4.